The van der Waals surface area contributed by atoms with Crippen molar-refractivity contribution in [3.05, 3.63) is 102 Å². The van der Waals surface area contributed by atoms with Gasteiger partial charge in [-0.1, -0.05) is 41.9 Å². The first-order valence-corrected chi connectivity index (χ1v) is 19.0. The second-order valence-corrected chi connectivity index (χ2v) is 14.7. The Hall–Kier alpha value is -5.98. The van der Waals surface area contributed by atoms with Crippen LogP contribution in [0.3, 0.4) is 0 Å². The van der Waals surface area contributed by atoms with Crippen LogP contribution in [0.15, 0.2) is 85.7 Å². The second-order valence-electron chi connectivity index (χ2n) is 14.3. The number of aromatic nitrogens is 6. The monoisotopic (exact) mass is 818 g/mol. The quantitative estimate of drug-likeness (QED) is 0.118. The molecule has 0 aliphatic carbocycles. The van der Waals surface area contributed by atoms with Crippen molar-refractivity contribution < 1.29 is 27.5 Å². The Morgan fingerprint density at radius 1 is 0.724 bits per heavy atom. The van der Waals surface area contributed by atoms with E-state index in [1.807, 2.05) is 42.6 Å². The number of carbonyl (C=O) groups is 2. The van der Waals surface area contributed by atoms with Crippen LogP contribution in [-0.2, 0) is 22.7 Å². The van der Waals surface area contributed by atoms with Crippen LogP contribution in [0.2, 0.25) is 5.02 Å². The van der Waals surface area contributed by atoms with Gasteiger partial charge in [0.05, 0.1) is 21.9 Å². The third kappa shape index (κ3) is 9.25. The third-order valence-electron chi connectivity index (χ3n) is 10.5. The normalized spacial score (nSPS) is 16.4. The zero-order valence-corrected chi connectivity index (χ0v) is 32.0. The van der Waals surface area contributed by atoms with Crippen molar-refractivity contribution in [3.63, 3.8) is 0 Å². The molecule has 0 atom stereocenters. The van der Waals surface area contributed by atoms with Crippen LogP contribution in [0, 0.1) is 0 Å². The molecular formula is C39H42ClF3N12O3. The van der Waals surface area contributed by atoms with Gasteiger partial charge in [-0.2, -0.15) is 0 Å². The maximum Gasteiger partial charge on any atom is 0.573 e. The molecule has 2 aliphatic heterocycles. The van der Waals surface area contributed by atoms with Crippen LogP contribution in [-0.4, -0.2) is 85.3 Å². The topological polar surface area (TPSA) is 209 Å². The molecule has 0 unspecified atom stereocenters. The highest BCUT2D eigenvalue weighted by Crippen LogP contribution is 2.30. The average Bonchev–Trinajstić information content (AvgIpc) is 3.91. The number of H-pyrrole nitrogens is 2. The maximum atomic E-state index is 12.7. The van der Waals surface area contributed by atoms with Gasteiger partial charge >= 0.3 is 6.36 Å². The molecule has 2 fully saturated rings. The molecule has 6 heterocycles. The first kappa shape index (κ1) is 40.2. The number of halogens is 4. The van der Waals surface area contributed by atoms with Crippen LogP contribution in [0.25, 0.3) is 22.1 Å². The van der Waals surface area contributed by atoms with Gasteiger partial charge in [0.25, 0.3) is 0 Å². The summed E-state index contributed by atoms with van der Waals surface area (Å²) in [5.41, 5.74) is 14.0. The Kier molecular flexibility index (Phi) is 11.7. The van der Waals surface area contributed by atoms with Crippen molar-refractivity contribution in [1.82, 2.24) is 40.5 Å². The lowest BCUT2D eigenvalue weighted by Crippen LogP contribution is -2.59. The Bertz CT molecular complexity index is 2350. The molecule has 58 heavy (non-hydrogen) atoms. The summed E-state index contributed by atoms with van der Waals surface area (Å²) in [7, 11) is 0. The average molecular weight is 819 g/mol. The molecule has 8 rings (SSSR count). The fraction of sp³-hybridized carbons (Fsp3) is 0.333. The van der Waals surface area contributed by atoms with Gasteiger partial charge in [0.1, 0.15) is 41.3 Å². The Labute approximate surface area is 335 Å². The van der Waals surface area contributed by atoms with Crippen LogP contribution < -0.4 is 36.6 Å². The van der Waals surface area contributed by atoms with Gasteiger partial charge < -0.3 is 46.6 Å². The van der Waals surface area contributed by atoms with Gasteiger partial charge in [-0.25, -0.2) is 19.9 Å². The number of nitrogens with one attached hydrogen (secondary N) is 4. The van der Waals surface area contributed by atoms with E-state index < -0.39 is 17.4 Å². The smallest absolute Gasteiger partial charge is 0.406 e. The summed E-state index contributed by atoms with van der Waals surface area (Å²) >= 11 is 6.15. The highest BCUT2D eigenvalue weighted by molar-refractivity contribution is 6.31. The number of piperidine rings is 2. The Morgan fingerprint density at radius 3 is 1.69 bits per heavy atom. The molecule has 0 saturated carbocycles. The number of anilines is 2. The molecule has 6 aromatic rings. The molecule has 15 nitrogen and oxygen atoms in total. The molecule has 4 aromatic heterocycles. The van der Waals surface area contributed by atoms with Gasteiger partial charge in [-0.15, -0.1) is 13.2 Å². The Morgan fingerprint density at radius 2 is 1.21 bits per heavy atom. The summed E-state index contributed by atoms with van der Waals surface area (Å²) in [5.74, 6) is 0.926. The summed E-state index contributed by atoms with van der Waals surface area (Å²) in [4.78, 5) is 53.0. The standard InChI is InChI=1S/C20H21F3N6O2.C19H21ClN6O/c21-20(22,23)31-14-3-1-13(2-4-14)11-26-18(30)19(24)6-9-29(10-7-19)17-15-5-8-25-16(15)27-12-28-17;20-15-4-2-1-3-13(15)11-23-18(27)19(21)6-9-26(10-7-19)17-14-5-8-22-16(14)24-12-25-17/h1-5,8,12H,6-7,9-11,24H2,(H,26,30)(H,25,27,28);1-5,8,12H,6-7,9-11,21H2,(H,23,27)(H,22,24,25). The van der Waals surface area contributed by atoms with E-state index in [-0.39, 0.29) is 24.1 Å². The van der Waals surface area contributed by atoms with E-state index >= 15 is 0 Å². The first-order chi connectivity index (χ1) is 27.8. The van der Waals surface area contributed by atoms with Crippen molar-refractivity contribution in [1.29, 1.82) is 0 Å². The number of aromatic amines is 2. The second kappa shape index (κ2) is 16.9. The maximum absolute atomic E-state index is 12.7. The number of fused-ring (bicyclic) bond motifs is 2. The number of hydrogen-bond donors (Lipinski definition) is 6. The van der Waals surface area contributed by atoms with Crippen molar-refractivity contribution in [2.75, 3.05) is 36.0 Å². The molecule has 0 spiro atoms. The molecule has 19 heteroatoms. The summed E-state index contributed by atoms with van der Waals surface area (Å²) in [5, 5.41) is 8.24. The number of amides is 2. The number of ether oxygens (including phenoxy) is 1. The highest BCUT2D eigenvalue weighted by Gasteiger charge is 2.39. The summed E-state index contributed by atoms with van der Waals surface area (Å²) in [6.45, 7) is 2.97. The molecule has 8 N–H and O–H groups in total. The largest absolute Gasteiger partial charge is 0.573 e. The zero-order chi connectivity index (χ0) is 40.9. The van der Waals surface area contributed by atoms with Gasteiger partial charge in [-0.3, -0.25) is 9.59 Å². The lowest BCUT2D eigenvalue weighted by molar-refractivity contribution is -0.274. The lowest BCUT2D eigenvalue weighted by atomic mass is 9.87. The van der Waals surface area contributed by atoms with Crippen LogP contribution in [0.1, 0.15) is 36.8 Å². The number of rotatable bonds is 9. The fourth-order valence-electron chi connectivity index (χ4n) is 7.07. The van der Waals surface area contributed by atoms with Gasteiger partial charge in [0.15, 0.2) is 0 Å². The summed E-state index contributed by atoms with van der Waals surface area (Å²) < 4.78 is 40.5. The molecule has 304 valence electrons. The van der Waals surface area contributed by atoms with Crippen molar-refractivity contribution in [3.8, 4) is 5.75 Å². The molecule has 2 saturated heterocycles. The van der Waals surface area contributed by atoms with E-state index in [0.29, 0.717) is 69.0 Å². The van der Waals surface area contributed by atoms with E-state index in [1.54, 1.807) is 12.5 Å². The van der Waals surface area contributed by atoms with Crippen molar-refractivity contribution in [2.45, 2.75) is 56.2 Å². The van der Waals surface area contributed by atoms with Crippen LogP contribution in [0.4, 0.5) is 24.8 Å². The molecule has 2 aliphatic rings. The minimum absolute atomic E-state index is 0.142. The summed E-state index contributed by atoms with van der Waals surface area (Å²) in [6.07, 6.45) is 3.94. The first-order valence-electron chi connectivity index (χ1n) is 18.6. The van der Waals surface area contributed by atoms with Gasteiger partial charge in [0, 0.05) is 56.7 Å². The molecule has 0 radical (unpaired) electrons. The third-order valence-corrected chi connectivity index (χ3v) is 10.9. The SMILES string of the molecule is NC1(C(=O)NCc2ccc(OC(F)(F)F)cc2)CCN(c2ncnc3[nH]ccc23)CC1.NC1(C(=O)NCc2ccccc2Cl)CCN(c2ncnc3[nH]ccc23)CC1. The van der Waals surface area contributed by atoms with E-state index in [4.69, 9.17) is 23.1 Å². The van der Waals surface area contributed by atoms with Crippen molar-refractivity contribution >= 4 is 57.1 Å². The fourth-order valence-corrected chi connectivity index (χ4v) is 7.27. The zero-order valence-electron chi connectivity index (χ0n) is 31.2. The van der Waals surface area contributed by atoms with E-state index in [2.05, 4.69) is 55.1 Å². The highest BCUT2D eigenvalue weighted by atomic mass is 35.5. The number of nitrogens with zero attached hydrogens (tertiary/aromatic N) is 6. The van der Waals surface area contributed by atoms with Crippen molar-refractivity contribution in [2.24, 2.45) is 11.5 Å². The molecular weight excluding hydrogens is 777 g/mol. The Balaban J connectivity index is 0.000000178. The van der Waals surface area contributed by atoms with E-state index in [9.17, 15) is 22.8 Å². The minimum Gasteiger partial charge on any atom is -0.406 e. The number of carbonyl (C=O) groups excluding carboxylic acids is 2. The van der Waals surface area contributed by atoms with E-state index in [0.717, 1.165) is 39.3 Å². The minimum atomic E-state index is -4.74. The molecule has 0 bridgehead atoms. The van der Waals surface area contributed by atoms with Gasteiger partial charge in [0.2, 0.25) is 11.8 Å². The number of nitrogens with two attached hydrogens (primary N) is 2. The van der Waals surface area contributed by atoms with E-state index in [1.165, 1.54) is 30.6 Å². The lowest BCUT2D eigenvalue weighted by Gasteiger charge is -2.38. The number of hydrogen-bond acceptors (Lipinski definition) is 11. The summed E-state index contributed by atoms with van der Waals surface area (Å²) in [6, 6.07) is 16.7. The number of benzene rings is 2. The molecule has 2 aromatic carbocycles. The molecule has 2 amide bonds. The van der Waals surface area contributed by atoms with Crippen LogP contribution >= 0.6 is 11.6 Å². The van der Waals surface area contributed by atoms with Gasteiger partial charge in [-0.05, 0) is 67.1 Å². The predicted octanol–water partition coefficient (Wildman–Crippen LogP) is 4.70. The van der Waals surface area contributed by atoms with Crippen LogP contribution in [0.5, 0.6) is 5.75 Å². The number of alkyl halides is 3. The predicted molar refractivity (Wildman–Crippen MR) is 213 cm³/mol.